The lowest BCUT2D eigenvalue weighted by Gasteiger charge is -2.15. The normalized spacial score (nSPS) is 12.9. The zero-order valence-corrected chi connectivity index (χ0v) is 21.7. The summed E-state index contributed by atoms with van der Waals surface area (Å²) in [6.07, 6.45) is 1.47. The van der Waals surface area contributed by atoms with Crippen LogP contribution in [0.1, 0.15) is 36.3 Å². The van der Waals surface area contributed by atoms with E-state index >= 15 is 0 Å². The number of aromatic nitrogens is 1. The Balaban J connectivity index is 1.01. The molecule has 0 fully saturated rings. The molecule has 1 atom stereocenters. The number of rotatable bonds is 10. The number of benzene rings is 3. The Morgan fingerprint density at radius 2 is 1.58 bits per heavy atom. The monoisotopic (exact) mass is 526 g/mol. The largest absolute Gasteiger partial charge is 0.449 e. The highest BCUT2D eigenvalue weighted by molar-refractivity contribution is 7.14. The van der Waals surface area contributed by atoms with E-state index in [1.807, 2.05) is 60.0 Å². The van der Waals surface area contributed by atoms with Gasteiger partial charge in [-0.15, -0.1) is 11.3 Å². The van der Waals surface area contributed by atoms with E-state index in [0.717, 1.165) is 11.3 Å². The van der Waals surface area contributed by atoms with E-state index < -0.39 is 12.1 Å². The molecular formula is C30H30N4O3S. The van der Waals surface area contributed by atoms with Crippen LogP contribution in [-0.4, -0.2) is 36.2 Å². The first-order valence-electron chi connectivity index (χ1n) is 12.8. The summed E-state index contributed by atoms with van der Waals surface area (Å²) in [5.74, 6) is -0.227. The van der Waals surface area contributed by atoms with E-state index in [4.69, 9.17) is 10.5 Å². The molecule has 8 heteroatoms. The summed E-state index contributed by atoms with van der Waals surface area (Å²) in [5, 5.41) is 8.04. The molecule has 0 bridgehead atoms. The smallest absolute Gasteiger partial charge is 0.407 e. The molecule has 4 aromatic rings. The predicted molar refractivity (Wildman–Crippen MR) is 151 cm³/mol. The number of alkyl carbamates (subject to hydrolysis) is 1. The molecule has 0 unspecified atom stereocenters. The molecule has 0 aliphatic heterocycles. The van der Waals surface area contributed by atoms with Gasteiger partial charge in [0.1, 0.15) is 6.61 Å². The van der Waals surface area contributed by atoms with Crippen molar-refractivity contribution in [2.45, 2.75) is 31.2 Å². The second kappa shape index (κ2) is 12.0. The summed E-state index contributed by atoms with van der Waals surface area (Å²) in [6, 6.07) is 25.7. The number of hydrogen-bond donors (Lipinski definition) is 3. The Labute approximate surface area is 226 Å². The number of carbonyl (C=O) groups is 2. The van der Waals surface area contributed by atoms with Crippen LogP contribution in [0.2, 0.25) is 0 Å². The van der Waals surface area contributed by atoms with Crippen molar-refractivity contribution in [3.63, 3.8) is 0 Å². The summed E-state index contributed by atoms with van der Waals surface area (Å²) in [6.45, 7) is 0.742. The van der Waals surface area contributed by atoms with Crippen LogP contribution in [0.15, 0.2) is 84.2 Å². The highest BCUT2D eigenvalue weighted by Crippen LogP contribution is 2.44. The van der Waals surface area contributed by atoms with Crippen LogP contribution in [0.5, 0.6) is 0 Å². The summed E-state index contributed by atoms with van der Waals surface area (Å²) >= 11 is 1.37. The molecule has 0 saturated heterocycles. The number of amides is 2. The van der Waals surface area contributed by atoms with Gasteiger partial charge in [0, 0.05) is 23.4 Å². The highest BCUT2D eigenvalue weighted by Gasteiger charge is 2.29. The van der Waals surface area contributed by atoms with Crippen LogP contribution in [-0.2, 0) is 9.53 Å². The Hall–Kier alpha value is -4.01. The lowest BCUT2D eigenvalue weighted by atomic mass is 9.98. The lowest BCUT2D eigenvalue weighted by Crippen LogP contribution is -2.35. The summed E-state index contributed by atoms with van der Waals surface area (Å²) in [5.41, 5.74) is 12.7. The number of nitrogens with two attached hydrogens (primary N) is 1. The maximum atomic E-state index is 12.5. The summed E-state index contributed by atoms with van der Waals surface area (Å²) in [4.78, 5) is 29.2. The highest BCUT2D eigenvalue weighted by atomic mass is 32.1. The molecule has 0 spiro atoms. The van der Waals surface area contributed by atoms with Gasteiger partial charge in [-0.3, -0.25) is 4.79 Å². The van der Waals surface area contributed by atoms with Gasteiger partial charge < -0.3 is 21.1 Å². The van der Waals surface area contributed by atoms with E-state index in [1.54, 1.807) is 0 Å². The third-order valence-electron chi connectivity index (χ3n) is 6.70. The number of anilines is 1. The summed E-state index contributed by atoms with van der Waals surface area (Å²) < 4.78 is 5.56. The zero-order chi connectivity index (χ0) is 26.3. The number of thiazole rings is 1. The second-order valence-electron chi connectivity index (χ2n) is 9.25. The topological polar surface area (TPSA) is 106 Å². The fraction of sp³-hybridized carbons (Fsp3) is 0.233. The predicted octanol–water partition coefficient (Wildman–Crippen LogP) is 5.78. The second-order valence-corrected chi connectivity index (χ2v) is 10.1. The van der Waals surface area contributed by atoms with E-state index in [-0.39, 0.29) is 18.4 Å². The van der Waals surface area contributed by atoms with Gasteiger partial charge in [-0.2, -0.15) is 0 Å². The number of carbonyl (C=O) groups excluding carboxylic acids is 2. The lowest BCUT2D eigenvalue weighted by molar-refractivity contribution is -0.117. The molecule has 2 amide bonds. The Bertz CT molecular complexity index is 1360. The molecule has 5 rings (SSSR count). The third-order valence-corrected chi connectivity index (χ3v) is 7.45. The molecule has 38 heavy (non-hydrogen) atoms. The first kappa shape index (κ1) is 25.6. The maximum absolute atomic E-state index is 12.5. The van der Waals surface area contributed by atoms with Crippen molar-refractivity contribution in [3.8, 4) is 22.4 Å². The van der Waals surface area contributed by atoms with Crippen molar-refractivity contribution in [3.05, 3.63) is 95.4 Å². The molecule has 0 radical (unpaired) electrons. The number of hydrogen-bond acceptors (Lipinski definition) is 6. The Kier molecular flexibility index (Phi) is 8.11. The number of nitrogens with zero attached hydrogens (tertiary/aromatic N) is 1. The Morgan fingerprint density at radius 1 is 0.921 bits per heavy atom. The van der Waals surface area contributed by atoms with Crippen LogP contribution in [0, 0.1) is 0 Å². The minimum atomic E-state index is -0.645. The van der Waals surface area contributed by atoms with Crippen molar-refractivity contribution in [1.29, 1.82) is 0 Å². The van der Waals surface area contributed by atoms with Crippen molar-refractivity contribution in [2.24, 2.45) is 5.73 Å². The molecule has 194 valence electrons. The molecule has 7 nitrogen and oxygen atoms in total. The quantitative estimate of drug-likeness (QED) is 0.227. The van der Waals surface area contributed by atoms with Gasteiger partial charge >= 0.3 is 6.09 Å². The van der Waals surface area contributed by atoms with Crippen molar-refractivity contribution >= 4 is 28.5 Å². The van der Waals surface area contributed by atoms with Crippen LogP contribution in [0.25, 0.3) is 22.4 Å². The molecule has 1 aliphatic rings. The van der Waals surface area contributed by atoms with Crippen LogP contribution >= 0.6 is 11.3 Å². The fourth-order valence-electron chi connectivity index (χ4n) is 4.73. The molecule has 0 saturated carbocycles. The van der Waals surface area contributed by atoms with Gasteiger partial charge in [0.05, 0.1) is 11.7 Å². The minimum absolute atomic E-state index is 0.0336. The molecular weight excluding hydrogens is 496 g/mol. The van der Waals surface area contributed by atoms with Crippen molar-refractivity contribution in [1.82, 2.24) is 10.3 Å². The van der Waals surface area contributed by atoms with Crippen molar-refractivity contribution in [2.75, 3.05) is 18.5 Å². The van der Waals surface area contributed by atoms with E-state index in [2.05, 4.69) is 39.9 Å². The number of nitrogens with one attached hydrogen (secondary N) is 2. The van der Waals surface area contributed by atoms with E-state index in [1.165, 1.54) is 33.6 Å². The molecule has 4 N–H and O–H groups in total. The summed E-state index contributed by atoms with van der Waals surface area (Å²) in [7, 11) is 0. The van der Waals surface area contributed by atoms with Gasteiger partial charge in [-0.05, 0) is 41.5 Å². The van der Waals surface area contributed by atoms with Gasteiger partial charge in [-0.25, -0.2) is 9.78 Å². The van der Waals surface area contributed by atoms with E-state index in [9.17, 15) is 9.59 Å². The SMILES string of the molecule is N[C@@H](CCCCNC(=O)OCC1c2ccccc2-c2ccccc21)C(=O)Nc1nc(-c2ccccc2)cs1. The average Bonchev–Trinajstić information content (AvgIpc) is 3.55. The maximum Gasteiger partial charge on any atom is 0.407 e. The first-order valence-corrected chi connectivity index (χ1v) is 13.6. The van der Waals surface area contributed by atoms with Gasteiger partial charge in [0.2, 0.25) is 5.91 Å². The average molecular weight is 527 g/mol. The number of ether oxygens (including phenoxy) is 1. The Morgan fingerprint density at radius 3 is 2.29 bits per heavy atom. The molecule has 1 aromatic heterocycles. The fourth-order valence-corrected chi connectivity index (χ4v) is 5.45. The van der Waals surface area contributed by atoms with Gasteiger partial charge in [0.15, 0.2) is 5.13 Å². The number of fused-ring (bicyclic) bond motifs is 3. The zero-order valence-electron chi connectivity index (χ0n) is 20.9. The van der Waals surface area contributed by atoms with E-state index in [0.29, 0.717) is 30.9 Å². The van der Waals surface area contributed by atoms with Gasteiger partial charge in [-0.1, -0.05) is 78.9 Å². The number of unbranched alkanes of at least 4 members (excludes halogenated alkanes) is 1. The van der Waals surface area contributed by atoms with Crippen LogP contribution in [0.4, 0.5) is 9.93 Å². The third kappa shape index (κ3) is 5.93. The first-order chi connectivity index (χ1) is 18.6. The molecule has 3 aromatic carbocycles. The minimum Gasteiger partial charge on any atom is -0.449 e. The van der Waals surface area contributed by atoms with Gasteiger partial charge in [0.25, 0.3) is 0 Å². The van der Waals surface area contributed by atoms with Crippen LogP contribution in [0.3, 0.4) is 0 Å². The molecule has 1 heterocycles. The van der Waals surface area contributed by atoms with Crippen LogP contribution < -0.4 is 16.4 Å². The molecule has 1 aliphatic carbocycles. The van der Waals surface area contributed by atoms with Crippen molar-refractivity contribution < 1.29 is 14.3 Å². The standard InChI is InChI=1S/C30H30N4O3S/c31-26(28(35)34-29-33-27(19-38-29)20-10-2-1-3-11-20)16-8-9-17-32-30(36)37-18-25-23-14-6-4-12-21(23)22-13-5-7-15-24(22)25/h1-7,10-15,19,25-26H,8-9,16-18,31H2,(H,32,36)(H,33,34,35)/t26-/m0/s1.